The molecule has 0 bridgehead atoms. The molecule has 0 spiro atoms. The number of alkyl halides is 68. The van der Waals surface area contributed by atoms with Crippen LogP contribution >= 0.6 is 0 Å². The minimum atomic E-state index is -10.0. The Kier molecular flexibility index (Phi) is 28.0. The van der Waals surface area contributed by atoms with Gasteiger partial charge in [-0.2, -0.15) is 299 Å². The number of phenols is 2. The maximum Gasteiger partial charge on any atom is 0.460 e. The van der Waals surface area contributed by atoms with Crippen molar-refractivity contribution in [2.45, 2.75) is 228 Å². The van der Waals surface area contributed by atoms with Gasteiger partial charge in [-0.1, -0.05) is 12.8 Å². The first-order valence-corrected chi connectivity index (χ1v) is 28.9. The quantitative estimate of drug-likeness (QED) is 0.0436. The number of benzene rings is 2. The molecule has 0 heterocycles. The fourth-order valence-electron chi connectivity index (χ4n) is 9.50. The number of hydrogen-bond donors (Lipinski definition) is 2. The second-order valence-corrected chi connectivity index (χ2v) is 25.0. The zero-order valence-electron chi connectivity index (χ0n) is 55.3. The molecular weight excluding hydrogens is 2030 g/mol. The van der Waals surface area contributed by atoms with Crippen LogP contribution in [-0.4, -0.2) is 202 Å². The van der Waals surface area contributed by atoms with Gasteiger partial charge in [-0.15, -0.1) is 0 Å². The van der Waals surface area contributed by atoms with Crippen molar-refractivity contribution in [1.82, 2.24) is 0 Å². The van der Waals surface area contributed by atoms with E-state index in [9.17, 15) is 203 Å². The van der Waals surface area contributed by atoms with Crippen LogP contribution in [0.3, 0.4) is 0 Å². The molecule has 0 amide bonds. The second-order valence-electron chi connectivity index (χ2n) is 25.0. The van der Waals surface area contributed by atoms with Crippen molar-refractivity contribution in [3.05, 3.63) is 57.6 Å². The van der Waals surface area contributed by atoms with Gasteiger partial charge in [-0.25, -0.2) is 0 Å². The number of rotatable bonds is 32. The van der Waals surface area contributed by atoms with E-state index in [1.54, 1.807) is 0 Å². The fourth-order valence-corrected chi connectivity index (χ4v) is 9.50. The molecule has 125 heavy (non-hydrogen) atoms. The largest absolute Gasteiger partial charge is 0.507 e. The van der Waals surface area contributed by atoms with E-state index in [0.29, 0.717) is 0 Å². The number of phenolic OH excluding ortho intramolecular Hbond substituents is 2. The van der Waals surface area contributed by atoms with Crippen LogP contribution in [0.4, 0.5) is 299 Å². The molecule has 2 atom stereocenters. The summed E-state index contributed by atoms with van der Waals surface area (Å²) in [6.45, 7) is 0. The number of aliphatic imine (C=N–C) groups is 2. The molecule has 2 aromatic carbocycles. The zero-order valence-corrected chi connectivity index (χ0v) is 56.5. The summed E-state index contributed by atoms with van der Waals surface area (Å²) in [4.78, 5) is 5.08. The molecule has 731 valence electrons. The van der Waals surface area contributed by atoms with Crippen molar-refractivity contribution in [2.75, 3.05) is 0 Å². The monoisotopic (exact) mass is 2050 g/mol. The van der Waals surface area contributed by atoms with Gasteiger partial charge in [0.1, 0.15) is 11.5 Å². The minimum Gasteiger partial charge on any atom is -0.507 e. The fraction of sp³-hybridized carbons (Fsp3) is 0.731. The number of nitrogens with zero attached hydrogens (tertiary/aromatic N) is 2. The van der Waals surface area contributed by atoms with Crippen LogP contribution < -0.4 is 0 Å². The summed E-state index contributed by atoms with van der Waals surface area (Å²) in [5, 5.41) is 21.0. The summed E-state index contributed by atoms with van der Waals surface area (Å²) < 4.78 is 975. The molecule has 0 aromatic heterocycles. The van der Waals surface area contributed by atoms with E-state index in [0.717, 1.165) is 0 Å². The predicted molar refractivity (Wildman–Crippen MR) is 256 cm³/mol. The first kappa shape index (κ1) is 114. The molecule has 2 N–H and O–H groups in total. The van der Waals surface area contributed by atoms with Gasteiger partial charge in [0.05, 0.1) is 23.2 Å². The molecule has 73 heteroatoms. The van der Waals surface area contributed by atoms with Gasteiger partial charge in [0.15, 0.2) is 0 Å². The summed E-state index contributed by atoms with van der Waals surface area (Å²) in [7, 11) is 0. The van der Waals surface area contributed by atoms with Gasteiger partial charge in [0, 0.05) is 51.8 Å². The summed E-state index contributed by atoms with van der Waals surface area (Å²) in [5.41, 5.74) is -27.2. The van der Waals surface area contributed by atoms with Crippen LogP contribution in [0.2, 0.25) is 0 Å². The first-order chi connectivity index (χ1) is 53.2. The first-order valence-electron chi connectivity index (χ1n) is 28.9. The molecule has 2 aromatic rings. The van der Waals surface area contributed by atoms with Gasteiger partial charge in [-0.3, -0.25) is 9.98 Å². The molecule has 0 saturated heterocycles. The molecule has 1 aliphatic carbocycles. The second kappa shape index (κ2) is 30.6. The third-order valence-electron chi connectivity index (χ3n) is 17.1. The maximum absolute atomic E-state index is 16.0. The third-order valence-corrected chi connectivity index (χ3v) is 17.1. The molecule has 4 nitrogen and oxygen atoms in total. The summed E-state index contributed by atoms with van der Waals surface area (Å²) in [5.74, 6) is -278. The van der Waals surface area contributed by atoms with E-state index in [4.69, 9.17) is 0 Å². The average molecular weight is 2050 g/mol. The molecule has 0 unspecified atom stereocenters. The molecule has 3 rings (SSSR count). The van der Waals surface area contributed by atoms with Gasteiger partial charge < -0.3 is 10.2 Å². The Morgan fingerprint density at radius 2 is 0.336 bits per heavy atom. The third kappa shape index (κ3) is 15.0. The van der Waals surface area contributed by atoms with Crippen LogP contribution in [0.25, 0.3) is 0 Å². The summed E-state index contributed by atoms with van der Waals surface area (Å²) in [6.07, 6.45) is -43.6. The van der Waals surface area contributed by atoms with E-state index in [1.807, 2.05) is 0 Å². The Hall–Kier alpha value is -6.86. The Labute approximate surface area is 645 Å². The van der Waals surface area contributed by atoms with E-state index in [-0.39, 0.29) is 17.1 Å². The number of hydrogen-bond acceptors (Lipinski definition) is 4. The van der Waals surface area contributed by atoms with Crippen LogP contribution in [0.1, 0.15) is 59.1 Å². The average Bonchev–Trinajstić information content (AvgIpc) is 0.697. The smallest absolute Gasteiger partial charge is 0.460 e. The van der Waals surface area contributed by atoms with Crippen molar-refractivity contribution in [3.63, 3.8) is 0 Å². The van der Waals surface area contributed by atoms with Crippen LogP contribution in [-0.2, 0) is 40.8 Å². The van der Waals surface area contributed by atoms with Gasteiger partial charge >= 0.3 is 191 Å². The number of aromatic hydroxyl groups is 2. The molecule has 1 saturated carbocycles. The van der Waals surface area contributed by atoms with Crippen molar-refractivity contribution < 1.29 is 326 Å². The van der Waals surface area contributed by atoms with E-state index < -0.39 is 310 Å². The van der Waals surface area contributed by atoms with Crippen molar-refractivity contribution in [1.29, 1.82) is 0 Å². The topological polar surface area (TPSA) is 65.2 Å². The normalized spacial score (nSPS) is 18.4. The van der Waals surface area contributed by atoms with Gasteiger partial charge in [0.2, 0.25) is 0 Å². The predicted octanol–water partition coefficient (Wildman–Crippen LogP) is 25.8. The molecule has 1 aliphatic rings. The number of halogens is 68. The Morgan fingerprint density at radius 1 is 0.200 bits per heavy atom. The summed E-state index contributed by atoms with van der Waals surface area (Å²) in [6, 6.07) is -16.9. The molecule has 0 aliphatic heterocycles. The van der Waals surface area contributed by atoms with E-state index in [2.05, 4.69) is 9.98 Å². The molecular formula is C52H18F68MnN2O2. The standard InChI is InChI=1S/C52H18F68N2O2.Mn/c53-21(54,25(61,62)29(69,70)33(77,78)37(85,86)41(93,94)45(101,102)49(109,110)111)13-5-11(19(123)15(7-13)23(57,58)27(65,66)31(73,74)35(81,82)39(89,90)43(97,98)47(105,106)51(115,116)117)9-121-17-3-1-2-4-18(17)122-10-12-6-14(22(55,56)26(63,64)30(71,72)34(79,80)38(87,88)42(95,96)46(103,104)50(112,113)114)8-16(20(12)124)24(59,60)28(67,68)32(75,76)36(83,84)40(91,92)44(99,100)48(107,108)52(118,119)120;/h5-10,17-18,123-124H,1-4H2;/t17-,18-;/m1./s1. The van der Waals surface area contributed by atoms with Crippen LogP contribution in [0.15, 0.2) is 34.3 Å². The van der Waals surface area contributed by atoms with E-state index >= 15 is 105 Å². The summed E-state index contributed by atoms with van der Waals surface area (Å²) >= 11 is 0. The van der Waals surface area contributed by atoms with Crippen molar-refractivity contribution in [3.8, 4) is 11.5 Å². The molecule has 1 fully saturated rings. The molecule has 1 radical (unpaired) electrons. The van der Waals surface area contributed by atoms with Gasteiger partial charge in [0.25, 0.3) is 0 Å². The van der Waals surface area contributed by atoms with Crippen molar-refractivity contribution in [2.24, 2.45) is 9.98 Å². The van der Waals surface area contributed by atoms with Crippen molar-refractivity contribution >= 4 is 12.4 Å². The maximum atomic E-state index is 16.0. The minimum absolute atomic E-state index is 0. The Morgan fingerprint density at radius 3 is 0.488 bits per heavy atom. The van der Waals surface area contributed by atoms with E-state index in [1.165, 1.54) is 0 Å². The van der Waals surface area contributed by atoms with Crippen LogP contribution in [0, 0.1) is 0 Å². The van der Waals surface area contributed by atoms with Crippen LogP contribution in [0.5, 0.6) is 11.5 Å². The SMILES string of the molecule is Oc1c(C=N[C@@H]2CCCC[C@H]2N=Cc2cc(C(F)(F)C(F)(F)C(F)(F)C(F)(F)C(F)(F)C(F)(F)C(F)(F)C(F)(F)F)cc(C(F)(F)C(F)(F)C(F)(F)C(F)(F)C(F)(F)C(F)(F)C(F)(F)C(F)(F)F)c2O)cc(C(F)(F)C(F)(F)C(F)(F)C(F)(F)C(F)(F)C(F)(F)C(F)(F)C(F)(F)F)cc1C(F)(F)C(F)(F)C(F)(F)C(F)(F)C(F)(F)C(F)(F)C(F)(F)C(F)(F)F.[Mn]. The van der Waals surface area contributed by atoms with Gasteiger partial charge in [-0.05, 0) is 37.1 Å². The zero-order chi connectivity index (χ0) is 100. The Balaban J connectivity index is 0.0000529. The Bertz CT molecular complexity index is 4010.